The molecule has 8 nitrogen and oxygen atoms in total. The lowest BCUT2D eigenvalue weighted by Gasteiger charge is -2.33. The van der Waals surface area contributed by atoms with Gasteiger partial charge in [0.1, 0.15) is 0 Å². The van der Waals surface area contributed by atoms with Crippen LogP contribution in [0.5, 0.6) is 0 Å². The molecule has 0 spiro atoms. The smallest absolute Gasteiger partial charge is 0.309 e. The van der Waals surface area contributed by atoms with Crippen molar-refractivity contribution in [1.82, 2.24) is 15.3 Å². The summed E-state index contributed by atoms with van der Waals surface area (Å²) in [6, 6.07) is 12.4. The van der Waals surface area contributed by atoms with Crippen LogP contribution in [0.15, 0.2) is 59.1 Å². The number of aromatic nitrogens is 2. The number of pyridine rings is 1. The highest BCUT2D eigenvalue weighted by molar-refractivity contribution is 7.92. The Labute approximate surface area is 194 Å². The summed E-state index contributed by atoms with van der Waals surface area (Å²) in [5.41, 5.74) is 4.92. The Morgan fingerprint density at radius 3 is 2.79 bits per heavy atom. The summed E-state index contributed by atoms with van der Waals surface area (Å²) >= 11 is 1.57. The molecule has 3 atom stereocenters. The predicted molar refractivity (Wildman–Crippen MR) is 129 cm³/mol. The molecule has 10 heteroatoms. The number of carboxylic acids is 1. The van der Waals surface area contributed by atoms with Gasteiger partial charge in [-0.1, -0.05) is 0 Å². The fraction of sp³-hybridized carbons (Fsp3) is 0.261. The molecule has 2 aromatic heterocycles. The van der Waals surface area contributed by atoms with Crippen LogP contribution in [0.2, 0.25) is 0 Å². The molecule has 5 rings (SSSR count). The minimum absolute atomic E-state index is 0.0756. The van der Waals surface area contributed by atoms with Crippen LogP contribution >= 0.6 is 11.3 Å². The van der Waals surface area contributed by atoms with Crippen molar-refractivity contribution in [2.75, 3.05) is 11.9 Å². The second kappa shape index (κ2) is 8.36. The molecule has 0 radical (unpaired) electrons. The molecule has 0 bridgehead atoms. The van der Waals surface area contributed by atoms with Crippen molar-refractivity contribution in [2.24, 2.45) is 5.92 Å². The third-order valence-electron chi connectivity index (χ3n) is 6.04. The molecular weight excluding hydrogens is 460 g/mol. The van der Waals surface area contributed by atoms with E-state index in [-0.39, 0.29) is 23.9 Å². The number of aliphatic carboxylic acids is 1. The molecule has 3 heterocycles. The third kappa shape index (κ3) is 4.17. The lowest BCUT2D eigenvalue weighted by atomic mass is 9.95. The number of hydrogen-bond donors (Lipinski definition) is 3. The summed E-state index contributed by atoms with van der Waals surface area (Å²) in [5, 5.41) is 15.6. The molecular formula is C23H22N4O4S2. The van der Waals surface area contributed by atoms with Crippen molar-refractivity contribution in [1.29, 1.82) is 0 Å². The van der Waals surface area contributed by atoms with Gasteiger partial charge in [0.25, 0.3) is 0 Å². The van der Waals surface area contributed by atoms with Crippen LogP contribution in [-0.4, -0.2) is 47.3 Å². The number of sulfone groups is 1. The van der Waals surface area contributed by atoms with Crippen molar-refractivity contribution >= 4 is 59.6 Å². The predicted octanol–water partition coefficient (Wildman–Crippen LogP) is 3.81. The third-order valence-corrected chi connectivity index (χ3v) is 9.08. The topological polar surface area (TPSA) is 121 Å². The lowest BCUT2D eigenvalue weighted by Crippen LogP contribution is -2.51. The van der Waals surface area contributed by atoms with Gasteiger partial charge >= 0.3 is 5.97 Å². The second-order valence-electron chi connectivity index (χ2n) is 8.31. The first-order valence-electron chi connectivity index (χ1n) is 10.5. The quantitative estimate of drug-likeness (QED) is 0.393. The van der Waals surface area contributed by atoms with Gasteiger partial charge in [-0.05, 0) is 55.8 Å². The van der Waals surface area contributed by atoms with Gasteiger partial charge in [-0.15, -0.1) is 11.3 Å². The Hall–Kier alpha value is -3.08. The van der Waals surface area contributed by atoms with Crippen LogP contribution in [0, 0.1) is 5.92 Å². The van der Waals surface area contributed by atoms with E-state index in [9.17, 15) is 18.3 Å². The molecule has 1 aliphatic heterocycles. The maximum absolute atomic E-state index is 13.4. The van der Waals surface area contributed by atoms with Crippen molar-refractivity contribution in [3.05, 3.63) is 54.2 Å². The SMILES string of the molecule is C[C@@H]1CC(S(=O)(=O)c2ccc3ncc(Nc4ccc5scnc5c4)cc3c2)[C@H](C(=O)O)CN1. The summed E-state index contributed by atoms with van der Waals surface area (Å²) in [4.78, 5) is 20.6. The number of nitrogens with one attached hydrogen (secondary N) is 2. The van der Waals surface area contributed by atoms with Crippen LogP contribution < -0.4 is 10.6 Å². The van der Waals surface area contributed by atoms with Gasteiger partial charge in [-0.25, -0.2) is 13.4 Å². The van der Waals surface area contributed by atoms with Crippen molar-refractivity contribution in [3.63, 3.8) is 0 Å². The standard InChI is InChI=1S/C23H22N4O4S2/c1-13-6-22(18(11-24-13)23(28)29)33(30,31)17-3-4-19-14(8-17)7-16(10-25-19)27-15-2-5-21-20(9-15)26-12-32-21/h2-5,7-10,12-13,18,22,24,27H,6,11H2,1H3,(H,28,29)/t13-,18-,22?/m1/s1. The summed E-state index contributed by atoms with van der Waals surface area (Å²) in [6.45, 7) is 2.00. The zero-order chi connectivity index (χ0) is 23.2. The number of thiazole rings is 1. The van der Waals surface area contributed by atoms with E-state index in [2.05, 4.69) is 20.6 Å². The van der Waals surface area contributed by atoms with Crippen LogP contribution in [0.3, 0.4) is 0 Å². The number of carboxylic acid groups (broad SMARTS) is 1. The fourth-order valence-corrected chi connectivity index (χ4v) is 7.02. The normalized spacial score (nSPS) is 21.3. The van der Waals surface area contributed by atoms with E-state index in [0.29, 0.717) is 16.6 Å². The number of hydrogen-bond acceptors (Lipinski definition) is 8. The van der Waals surface area contributed by atoms with Gasteiger partial charge in [0.15, 0.2) is 9.84 Å². The number of anilines is 2. The van der Waals surface area contributed by atoms with Crippen LogP contribution in [0.4, 0.5) is 11.4 Å². The van der Waals surface area contributed by atoms with E-state index >= 15 is 0 Å². The molecule has 4 aromatic rings. The first-order chi connectivity index (χ1) is 15.8. The lowest BCUT2D eigenvalue weighted by molar-refractivity contribution is -0.142. The Bertz CT molecular complexity index is 1470. The molecule has 170 valence electrons. The summed E-state index contributed by atoms with van der Waals surface area (Å²) in [6.07, 6.45) is 1.94. The molecule has 1 fully saturated rings. The number of carbonyl (C=O) groups is 1. The van der Waals surface area contributed by atoms with Crippen molar-refractivity contribution in [3.8, 4) is 0 Å². The molecule has 0 amide bonds. The zero-order valence-corrected chi connectivity index (χ0v) is 19.4. The highest BCUT2D eigenvalue weighted by atomic mass is 32.2. The molecule has 1 aliphatic rings. The first-order valence-corrected chi connectivity index (χ1v) is 12.9. The summed E-state index contributed by atoms with van der Waals surface area (Å²) in [5.74, 6) is -2.09. The van der Waals surface area contributed by atoms with E-state index in [0.717, 1.165) is 15.9 Å². The molecule has 1 unspecified atom stereocenters. The minimum atomic E-state index is -3.85. The zero-order valence-electron chi connectivity index (χ0n) is 17.7. The van der Waals surface area contributed by atoms with E-state index in [1.165, 1.54) is 6.07 Å². The Kier molecular flexibility index (Phi) is 5.51. The molecule has 3 N–H and O–H groups in total. The number of fused-ring (bicyclic) bond motifs is 2. The summed E-state index contributed by atoms with van der Waals surface area (Å²) < 4.78 is 28.0. The Morgan fingerprint density at radius 2 is 1.97 bits per heavy atom. The molecule has 0 saturated carbocycles. The number of rotatable bonds is 5. The van der Waals surface area contributed by atoms with Gasteiger partial charge in [0, 0.05) is 23.7 Å². The highest BCUT2D eigenvalue weighted by Gasteiger charge is 2.42. The molecule has 33 heavy (non-hydrogen) atoms. The van der Waals surface area contributed by atoms with Crippen LogP contribution in [0.1, 0.15) is 13.3 Å². The Balaban J connectivity index is 1.48. The first kappa shape index (κ1) is 21.7. The van der Waals surface area contributed by atoms with Crippen molar-refractivity contribution in [2.45, 2.75) is 29.5 Å². The monoisotopic (exact) mass is 482 g/mol. The van der Waals surface area contributed by atoms with Gasteiger partial charge in [-0.2, -0.15) is 0 Å². The van der Waals surface area contributed by atoms with Gasteiger partial charge in [0.2, 0.25) is 0 Å². The average molecular weight is 483 g/mol. The van der Waals surface area contributed by atoms with Crippen LogP contribution in [0.25, 0.3) is 21.1 Å². The number of nitrogens with zero attached hydrogens (tertiary/aromatic N) is 2. The van der Waals surface area contributed by atoms with Crippen LogP contribution in [-0.2, 0) is 14.6 Å². The van der Waals surface area contributed by atoms with E-state index in [4.69, 9.17) is 0 Å². The maximum atomic E-state index is 13.4. The number of piperidine rings is 1. The summed E-state index contributed by atoms with van der Waals surface area (Å²) in [7, 11) is -3.85. The number of benzene rings is 2. The Morgan fingerprint density at radius 1 is 1.12 bits per heavy atom. The van der Waals surface area contributed by atoms with E-state index in [1.54, 1.807) is 35.2 Å². The van der Waals surface area contributed by atoms with E-state index in [1.807, 2.05) is 31.2 Å². The second-order valence-corrected chi connectivity index (χ2v) is 11.4. The highest BCUT2D eigenvalue weighted by Crippen LogP contribution is 2.31. The molecule has 0 aliphatic carbocycles. The van der Waals surface area contributed by atoms with Crippen molar-refractivity contribution < 1.29 is 18.3 Å². The van der Waals surface area contributed by atoms with Gasteiger partial charge in [-0.3, -0.25) is 9.78 Å². The molecule has 1 saturated heterocycles. The van der Waals surface area contributed by atoms with E-state index < -0.39 is 27.0 Å². The fourth-order valence-electron chi connectivity index (χ4n) is 4.28. The molecule has 2 aromatic carbocycles. The largest absolute Gasteiger partial charge is 0.481 e. The average Bonchev–Trinajstić information content (AvgIpc) is 3.26. The maximum Gasteiger partial charge on any atom is 0.309 e. The van der Waals surface area contributed by atoms with Gasteiger partial charge < -0.3 is 15.7 Å². The van der Waals surface area contributed by atoms with Gasteiger partial charge in [0.05, 0.1) is 49.2 Å². The minimum Gasteiger partial charge on any atom is -0.481 e.